The number of rotatable bonds is 1. The molecule has 2 aliphatic rings. The molecular formula is C15H22N2S. The van der Waals surface area contributed by atoms with Gasteiger partial charge in [-0.25, -0.2) is 4.98 Å². The Labute approximate surface area is 114 Å². The first kappa shape index (κ1) is 12.3. The predicted octanol–water partition coefficient (Wildman–Crippen LogP) is 4.34. The number of nitrogens with zero attached hydrogens (tertiary/aromatic N) is 1. The van der Waals surface area contributed by atoms with E-state index in [4.69, 9.17) is 12.2 Å². The Balaban J connectivity index is 1.98. The van der Waals surface area contributed by atoms with E-state index in [2.05, 4.69) is 30.7 Å². The molecule has 0 saturated heterocycles. The lowest BCUT2D eigenvalue weighted by Gasteiger charge is -2.24. The number of aromatic amines is 1. The van der Waals surface area contributed by atoms with Crippen LogP contribution in [0.1, 0.15) is 63.9 Å². The lowest BCUT2D eigenvalue weighted by molar-refractivity contribution is 0.401. The molecule has 2 nitrogen and oxygen atoms in total. The van der Waals surface area contributed by atoms with Gasteiger partial charge < -0.3 is 4.98 Å². The van der Waals surface area contributed by atoms with Crippen LogP contribution in [-0.2, 0) is 5.41 Å². The molecule has 18 heavy (non-hydrogen) atoms. The number of hydrogen-bond acceptors (Lipinski definition) is 2. The number of fused-ring (bicyclic) bond motifs is 2. The molecule has 1 aromatic rings. The molecule has 0 aromatic carbocycles. The van der Waals surface area contributed by atoms with Crippen LogP contribution >= 0.6 is 12.2 Å². The van der Waals surface area contributed by atoms with E-state index < -0.39 is 0 Å². The number of aromatic nitrogens is 2. The third-order valence-electron chi connectivity index (χ3n) is 4.66. The van der Waals surface area contributed by atoms with E-state index in [1.807, 2.05) is 6.07 Å². The second-order valence-corrected chi connectivity index (χ2v) is 7.47. The molecular weight excluding hydrogens is 240 g/mol. The molecule has 2 bridgehead atoms. The molecule has 1 aromatic heterocycles. The number of H-pyrrole nitrogens is 1. The van der Waals surface area contributed by atoms with Crippen molar-refractivity contribution in [1.29, 1.82) is 0 Å². The van der Waals surface area contributed by atoms with Gasteiger partial charge in [0.05, 0.1) is 0 Å². The summed E-state index contributed by atoms with van der Waals surface area (Å²) in [5.74, 6) is 3.58. The van der Waals surface area contributed by atoms with Gasteiger partial charge in [-0.15, -0.1) is 0 Å². The molecule has 1 N–H and O–H groups in total. The van der Waals surface area contributed by atoms with E-state index in [-0.39, 0.29) is 5.41 Å². The summed E-state index contributed by atoms with van der Waals surface area (Å²) in [6.07, 6.45) is 5.54. The molecule has 1 heterocycles. The van der Waals surface area contributed by atoms with Crippen molar-refractivity contribution in [3.63, 3.8) is 0 Å². The summed E-state index contributed by atoms with van der Waals surface area (Å²) < 4.78 is 0.747. The highest BCUT2D eigenvalue weighted by atomic mass is 32.1. The Bertz CT molecular complexity index is 512. The topological polar surface area (TPSA) is 28.7 Å². The van der Waals surface area contributed by atoms with Crippen LogP contribution in [0.25, 0.3) is 0 Å². The fraction of sp³-hybridized carbons (Fsp3) is 0.733. The van der Waals surface area contributed by atoms with Crippen molar-refractivity contribution >= 4 is 12.2 Å². The predicted molar refractivity (Wildman–Crippen MR) is 76.3 cm³/mol. The molecule has 0 spiro atoms. The first-order valence-electron chi connectivity index (χ1n) is 7.05. The molecule has 0 aliphatic heterocycles. The molecule has 3 atom stereocenters. The van der Waals surface area contributed by atoms with Gasteiger partial charge in [0.25, 0.3) is 0 Å². The van der Waals surface area contributed by atoms with Gasteiger partial charge in [0, 0.05) is 17.0 Å². The molecule has 2 fully saturated rings. The first-order chi connectivity index (χ1) is 8.43. The van der Waals surface area contributed by atoms with Crippen molar-refractivity contribution in [2.24, 2.45) is 11.8 Å². The lowest BCUT2D eigenvalue weighted by atomic mass is 9.87. The summed E-state index contributed by atoms with van der Waals surface area (Å²) in [6, 6.07) is 2.02. The van der Waals surface area contributed by atoms with E-state index in [0.717, 1.165) is 22.3 Å². The summed E-state index contributed by atoms with van der Waals surface area (Å²) >= 11 is 5.35. The Morgan fingerprint density at radius 2 is 2.06 bits per heavy atom. The van der Waals surface area contributed by atoms with Crippen LogP contribution in [-0.4, -0.2) is 9.97 Å². The summed E-state index contributed by atoms with van der Waals surface area (Å²) in [5, 5.41) is 0. The van der Waals surface area contributed by atoms with Gasteiger partial charge in [-0.3, -0.25) is 0 Å². The van der Waals surface area contributed by atoms with Gasteiger partial charge in [-0.2, -0.15) is 0 Å². The maximum atomic E-state index is 5.35. The summed E-state index contributed by atoms with van der Waals surface area (Å²) in [5.41, 5.74) is 1.34. The minimum Gasteiger partial charge on any atom is -0.346 e. The highest BCUT2D eigenvalue weighted by molar-refractivity contribution is 7.71. The Morgan fingerprint density at radius 1 is 1.28 bits per heavy atom. The standard InChI is InChI=1S/C15H22N2S/c1-15(2,3)12-8-13(18)17-14(16-12)11-7-9-4-5-10(11)6-9/h8-11H,4-7H2,1-3H3,(H,16,17,18). The lowest BCUT2D eigenvalue weighted by Crippen LogP contribution is -2.18. The highest BCUT2D eigenvalue weighted by Crippen LogP contribution is 2.52. The van der Waals surface area contributed by atoms with Gasteiger partial charge in [0.15, 0.2) is 0 Å². The number of nitrogens with one attached hydrogen (secondary N) is 1. The van der Waals surface area contributed by atoms with Gasteiger partial charge >= 0.3 is 0 Å². The first-order valence-corrected chi connectivity index (χ1v) is 7.46. The SMILES string of the molecule is CC(C)(C)c1cc(=S)nc(C2CC3CCC2C3)[nH]1. The van der Waals surface area contributed by atoms with Crippen LogP contribution < -0.4 is 0 Å². The molecule has 0 amide bonds. The highest BCUT2D eigenvalue weighted by Gasteiger charge is 2.41. The van der Waals surface area contributed by atoms with E-state index in [9.17, 15) is 0 Å². The summed E-state index contributed by atoms with van der Waals surface area (Å²) in [4.78, 5) is 8.18. The van der Waals surface area contributed by atoms with E-state index in [1.165, 1.54) is 31.4 Å². The largest absolute Gasteiger partial charge is 0.346 e. The fourth-order valence-electron chi connectivity index (χ4n) is 3.64. The maximum Gasteiger partial charge on any atom is 0.130 e. The average Bonchev–Trinajstić information content (AvgIpc) is 2.88. The molecule has 3 heteroatoms. The average molecular weight is 262 g/mol. The zero-order valence-corrected chi connectivity index (χ0v) is 12.3. The van der Waals surface area contributed by atoms with Crippen LogP contribution in [0.2, 0.25) is 0 Å². The third kappa shape index (κ3) is 2.13. The molecule has 2 saturated carbocycles. The minimum absolute atomic E-state index is 0.114. The monoisotopic (exact) mass is 262 g/mol. The minimum atomic E-state index is 0.114. The van der Waals surface area contributed by atoms with E-state index in [0.29, 0.717) is 5.92 Å². The van der Waals surface area contributed by atoms with Crippen LogP contribution in [0.5, 0.6) is 0 Å². The fourth-order valence-corrected chi connectivity index (χ4v) is 3.85. The van der Waals surface area contributed by atoms with Crippen molar-refractivity contribution in [3.05, 3.63) is 22.2 Å². The van der Waals surface area contributed by atoms with Crippen LogP contribution in [0.15, 0.2) is 6.07 Å². The summed E-state index contributed by atoms with van der Waals surface area (Å²) in [7, 11) is 0. The van der Waals surface area contributed by atoms with Crippen LogP contribution in [0, 0.1) is 16.5 Å². The maximum absolute atomic E-state index is 5.35. The van der Waals surface area contributed by atoms with Crippen molar-refractivity contribution in [2.45, 2.75) is 57.8 Å². The van der Waals surface area contributed by atoms with Crippen LogP contribution in [0.4, 0.5) is 0 Å². The van der Waals surface area contributed by atoms with Crippen molar-refractivity contribution in [3.8, 4) is 0 Å². The van der Waals surface area contributed by atoms with Gasteiger partial charge in [0.2, 0.25) is 0 Å². The van der Waals surface area contributed by atoms with Crippen molar-refractivity contribution < 1.29 is 0 Å². The second-order valence-electron chi connectivity index (χ2n) is 7.05. The smallest absolute Gasteiger partial charge is 0.130 e. The Hall–Kier alpha value is -0.700. The number of hydrogen-bond donors (Lipinski definition) is 1. The quantitative estimate of drug-likeness (QED) is 0.763. The zero-order valence-electron chi connectivity index (χ0n) is 11.5. The van der Waals surface area contributed by atoms with E-state index in [1.54, 1.807) is 0 Å². The van der Waals surface area contributed by atoms with Crippen LogP contribution in [0.3, 0.4) is 0 Å². The van der Waals surface area contributed by atoms with E-state index >= 15 is 0 Å². The van der Waals surface area contributed by atoms with Gasteiger partial charge in [0.1, 0.15) is 10.5 Å². The molecule has 0 radical (unpaired) electrons. The summed E-state index contributed by atoms with van der Waals surface area (Å²) in [6.45, 7) is 6.66. The third-order valence-corrected chi connectivity index (χ3v) is 4.87. The molecule has 98 valence electrons. The zero-order chi connectivity index (χ0) is 12.9. The second kappa shape index (κ2) is 4.16. The molecule has 3 unspecified atom stereocenters. The van der Waals surface area contributed by atoms with Crippen molar-refractivity contribution in [1.82, 2.24) is 9.97 Å². The molecule has 2 aliphatic carbocycles. The Kier molecular flexibility index (Phi) is 2.85. The Morgan fingerprint density at radius 3 is 2.61 bits per heavy atom. The van der Waals surface area contributed by atoms with Crippen molar-refractivity contribution in [2.75, 3.05) is 0 Å². The molecule has 3 rings (SSSR count). The van der Waals surface area contributed by atoms with Gasteiger partial charge in [-0.05, 0) is 37.2 Å². The van der Waals surface area contributed by atoms with Gasteiger partial charge in [-0.1, -0.05) is 39.4 Å². The normalized spacial score (nSPS) is 30.9.